The number of aliphatic hydroxyl groups is 1. The molecule has 0 radical (unpaired) electrons. The lowest BCUT2D eigenvalue weighted by molar-refractivity contribution is 0.274. The van der Waals surface area contributed by atoms with E-state index >= 15 is 0 Å². The Bertz CT molecular complexity index is 129. The van der Waals surface area contributed by atoms with Gasteiger partial charge in [0.05, 0.1) is 0 Å². The van der Waals surface area contributed by atoms with Gasteiger partial charge in [-0.1, -0.05) is 25.0 Å². The van der Waals surface area contributed by atoms with Gasteiger partial charge in [0.2, 0.25) is 0 Å². The highest BCUT2D eigenvalue weighted by atomic mass is 16.2. The standard InChI is InChI=1S/C11H20O/c12-10-6-9-11-7-4-2-1-3-5-8-11/h4,7,11-12H,1-3,5-6,8-10H2/b7-4-. The molecule has 0 aromatic rings. The Morgan fingerprint density at radius 3 is 3.00 bits per heavy atom. The fraction of sp³-hybridized carbons (Fsp3) is 0.818. The van der Waals surface area contributed by atoms with E-state index in [9.17, 15) is 0 Å². The Labute approximate surface area is 75.5 Å². The van der Waals surface area contributed by atoms with Crippen molar-refractivity contribution in [2.75, 3.05) is 6.61 Å². The van der Waals surface area contributed by atoms with Crippen LogP contribution in [0.25, 0.3) is 0 Å². The third-order valence-electron chi connectivity index (χ3n) is 2.59. The van der Waals surface area contributed by atoms with Gasteiger partial charge < -0.3 is 5.11 Å². The highest BCUT2D eigenvalue weighted by Crippen LogP contribution is 2.20. The summed E-state index contributed by atoms with van der Waals surface area (Å²) in [5.74, 6) is 0.748. The van der Waals surface area contributed by atoms with E-state index in [2.05, 4.69) is 12.2 Å². The van der Waals surface area contributed by atoms with Crippen molar-refractivity contribution in [3.63, 3.8) is 0 Å². The molecule has 1 unspecified atom stereocenters. The molecule has 0 bridgehead atoms. The van der Waals surface area contributed by atoms with E-state index in [1.807, 2.05) is 0 Å². The molecule has 0 amide bonds. The van der Waals surface area contributed by atoms with Gasteiger partial charge in [-0.2, -0.15) is 0 Å². The first-order chi connectivity index (χ1) is 5.93. The molecular formula is C11H20O. The van der Waals surface area contributed by atoms with Gasteiger partial charge >= 0.3 is 0 Å². The second kappa shape index (κ2) is 6.24. The zero-order valence-electron chi connectivity index (χ0n) is 7.84. The van der Waals surface area contributed by atoms with Crippen molar-refractivity contribution in [2.24, 2.45) is 5.92 Å². The summed E-state index contributed by atoms with van der Waals surface area (Å²) >= 11 is 0. The maximum atomic E-state index is 8.70. The molecule has 0 aromatic carbocycles. The van der Waals surface area contributed by atoms with E-state index in [4.69, 9.17) is 5.11 Å². The first-order valence-electron chi connectivity index (χ1n) is 5.21. The molecule has 1 aliphatic carbocycles. The van der Waals surface area contributed by atoms with Crippen LogP contribution in [0.3, 0.4) is 0 Å². The number of allylic oxidation sites excluding steroid dienone is 2. The molecule has 0 saturated heterocycles. The minimum atomic E-state index is 0.352. The van der Waals surface area contributed by atoms with E-state index in [1.54, 1.807) is 0 Å². The van der Waals surface area contributed by atoms with Crippen molar-refractivity contribution < 1.29 is 5.11 Å². The Balaban J connectivity index is 2.23. The van der Waals surface area contributed by atoms with Crippen molar-refractivity contribution in [1.29, 1.82) is 0 Å². The van der Waals surface area contributed by atoms with E-state index < -0.39 is 0 Å². The monoisotopic (exact) mass is 168 g/mol. The summed E-state index contributed by atoms with van der Waals surface area (Å²) in [6.07, 6.45) is 13.5. The summed E-state index contributed by atoms with van der Waals surface area (Å²) in [5, 5.41) is 8.70. The van der Waals surface area contributed by atoms with Crippen molar-refractivity contribution in [1.82, 2.24) is 0 Å². The Morgan fingerprint density at radius 2 is 2.17 bits per heavy atom. The van der Waals surface area contributed by atoms with Crippen LogP contribution in [-0.2, 0) is 0 Å². The van der Waals surface area contributed by atoms with Crippen LogP contribution in [0.1, 0.15) is 44.9 Å². The highest BCUT2D eigenvalue weighted by Gasteiger charge is 2.05. The summed E-state index contributed by atoms with van der Waals surface area (Å²) in [5.41, 5.74) is 0. The quantitative estimate of drug-likeness (QED) is 0.642. The minimum Gasteiger partial charge on any atom is -0.396 e. The minimum absolute atomic E-state index is 0.352. The molecule has 1 aliphatic rings. The van der Waals surface area contributed by atoms with Gasteiger partial charge in [0.1, 0.15) is 0 Å². The zero-order valence-corrected chi connectivity index (χ0v) is 7.84. The molecule has 0 spiro atoms. The van der Waals surface area contributed by atoms with Crippen LogP contribution in [0.2, 0.25) is 0 Å². The first kappa shape index (κ1) is 9.79. The zero-order chi connectivity index (χ0) is 8.65. The molecule has 12 heavy (non-hydrogen) atoms. The molecule has 1 nitrogen and oxygen atoms in total. The maximum absolute atomic E-state index is 8.70. The van der Waals surface area contributed by atoms with Gasteiger partial charge in [-0.25, -0.2) is 0 Å². The fourth-order valence-electron chi connectivity index (χ4n) is 1.82. The van der Waals surface area contributed by atoms with Crippen LogP contribution in [0.4, 0.5) is 0 Å². The average molecular weight is 168 g/mol. The molecule has 0 aromatic heterocycles. The summed E-state index contributed by atoms with van der Waals surface area (Å²) in [4.78, 5) is 0. The average Bonchev–Trinajstić information content (AvgIpc) is 2.02. The number of aliphatic hydroxyl groups excluding tert-OH is 1. The van der Waals surface area contributed by atoms with Crippen LogP contribution < -0.4 is 0 Å². The summed E-state index contributed by atoms with van der Waals surface area (Å²) in [6.45, 7) is 0.352. The van der Waals surface area contributed by atoms with Crippen LogP contribution in [0.15, 0.2) is 12.2 Å². The van der Waals surface area contributed by atoms with E-state index in [0.717, 1.165) is 12.3 Å². The van der Waals surface area contributed by atoms with E-state index in [0.29, 0.717) is 6.61 Å². The molecule has 0 aliphatic heterocycles. The van der Waals surface area contributed by atoms with Crippen molar-refractivity contribution in [2.45, 2.75) is 44.9 Å². The topological polar surface area (TPSA) is 20.2 Å². The molecule has 0 heterocycles. The lowest BCUT2D eigenvalue weighted by Gasteiger charge is -2.13. The van der Waals surface area contributed by atoms with Gasteiger partial charge in [-0.3, -0.25) is 0 Å². The fourth-order valence-corrected chi connectivity index (χ4v) is 1.82. The summed E-state index contributed by atoms with van der Waals surface area (Å²) < 4.78 is 0. The molecule has 1 N–H and O–H groups in total. The SMILES string of the molecule is OCCCC1/C=C\CCCCC1. The summed E-state index contributed by atoms with van der Waals surface area (Å²) in [7, 11) is 0. The molecule has 1 heteroatoms. The van der Waals surface area contributed by atoms with Crippen molar-refractivity contribution >= 4 is 0 Å². The highest BCUT2D eigenvalue weighted by molar-refractivity contribution is 4.89. The predicted molar refractivity (Wildman–Crippen MR) is 52.0 cm³/mol. The van der Waals surface area contributed by atoms with Crippen molar-refractivity contribution in [3.05, 3.63) is 12.2 Å². The third kappa shape index (κ3) is 3.91. The molecule has 1 rings (SSSR count). The Hall–Kier alpha value is -0.300. The van der Waals surface area contributed by atoms with Crippen molar-refractivity contribution in [3.8, 4) is 0 Å². The van der Waals surface area contributed by atoms with Gasteiger partial charge in [0, 0.05) is 6.61 Å². The van der Waals surface area contributed by atoms with Crippen LogP contribution in [-0.4, -0.2) is 11.7 Å². The third-order valence-corrected chi connectivity index (χ3v) is 2.59. The van der Waals surface area contributed by atoms with Gasteiger partial charge in [-0.15, -0.1) is 0 Å². The van der Waals surface area contributed by atoms with E-state index in [1.165, 1.54) is 38.5 Å². The normalized spacial score (nSPS) is 27.6. The number of hydrogen-bond acceptors (Lipinski definition) is 1. The number of hydrogen-bond donors (Lipinski definition) is 1. The van der Waals surface area contributed by atoms with E-state index in [-0.39, 0.29) is 0 Å². The largest absolute Gasteiger partial charge is 0.396 e. The van der Waals surface area contributed by atoms with Crippen LogP contribution in [0.5, 0.6) is 0 Å². The van der Waals surface area contributed by atoms with Crippen LogP contribution in [0, 0.1) is 5.92 Å². The second-order valence-corrected chi connectivity index (χ2v) is 3.69. The predicted octanol–water partition coefficient (Wildman–Crippen LogP) is 2.90. The van der Waals surface area contributed by atoms with Crippen LogP contribution >= 0.6 is 0 Å². The van der Waals surface area contributed by atoms with Gasteiger partial charge in [0.15, 0.2) is 0 Å². The lowest BCUT2D eigenvalue weighted by atomic mass is 9.93. The maximum Gasteiger partial charge on any atom is 0.0431 e. The number of rotatable bonds is 3. The Kier molecular flexibility index (Phi) is 5.09. The van der Waals surface area contributed by atoms with Gasteiger partial charge in [0.25, 0.3) is 0 Å². The smallest absolute Gasteiger partial charge is 0.0431 e. The molecule has 70 valence electrons. The second-order valence-electron chi connectivity index (χ2n) is 3.69. The molecule has 0 saturated carbocycles. The molecule has 0 fully saturated rings. The Morgan fingerprint density at radius 1 is 1.25 bits per heavy atom. The molecular weight excluding hydrogens is 148 g/mol. The first-order valence-corrected chi connectivity index (χ1v) is 5.21. The molecule has 1 atom stereocenters. The summed E-state index contributed by atoms with van der Waals surface area (Å²) in [6, 6.07) is 0. The lowest BCUT2D eigenvalue weighted by Crippen LogP contribution is -2.00. The van der Waals surface area contributed by atoms with Gasteiger partial charge in [-0.05, 0) is 38.0 Å².